The molecule has 3 aromatic rings. The number of fused-ring (bicyclic) bond motifs is 1. The van der Waals surface area contributed by atoms with Crippen LogP contribution in [0.4, 0.5) is 0 Å². The molecule has 0 unspecified atom stereocenters. The molecule has 3 heteroatoms. The molecule has 0 atom stereocenters. The van der Waals surface area contributed by atoms with Crippen molar-refractivity contribution in [1.29, 1.82) is 5.26 Å². The van der Waals surface area contributed by atoms with E-state index in [1.807, 2.05) is 54.6 Å². The minimum atomic E-state index is 0.0594. The molecule has 3 nitrogen and oxygen atoms in total. The standard InChI is InChI=1S/C19H15NO2/c1-22-16-8-6-13(7-9-16)10-15-11-14-4-2-3-5-17(14)19(21)18(15)12-20/h2-9,11,21H,10H2,1H3. The molecule has 0 aliphatic rings. The second kappa shape index (κ2) is 5.79. The molecular weight excluding hydrogens is 274 g/mol. The van der Waals surface area contributed by atoms with E-state index in [-0.39, 0.29) is 5.75 Å². The number of benzene rings is 3. The highest BCUT2D eigenvalue weighted by Crippen LogP contribution is 2.32. The van der Waals surface area contributed by atoms with Crippen LogP contribution < -0.4 is 4.74 Å². The van der Waals surface area contributed by atoms with Crippen LogP contribution in [0.2, 0.25) is 0 Å². The highest BCUT2D eigenvalue weighted by molar-refractivity contribution is 5.91. The van der Waals surface area contributed by atoms with Gasteiger partial charge in [0.2, 0.25) is 0 Å². The van der Waals surface area contributed by atoms with Crippen molar-refractivity contribution in [1.82, 2.24) is 0 Å². The first kappa shape index (κ1) is 14.0. The lowest BCUT2D eigenvalue weighted by atomic mass is 9.95. The first-order valence-corrected chi connectivity index (χ1v) is 6.99. The van der Waals surface area contributed by atoms with Gasteiger partial charge < -0.3 is 9.84 Å². The maximum absolute atomic E-state index is 10.3. The van der Waals surface area contributed by atoms with Gasteiger partial charge in [-0.1, -0.05) is 36.4 Å². The van der Waals surface area contributed by atoms with E-state index in [2.05, 4.69) is 6.07 Å². The summed E-state index contributed by atoms with van der Waals surface area (Å²) in [6, 6.07) is 19.3. The summed E-state index contributed by atoms with van der Waals surface area (Å²) in [4.78, 5) is 0. The summed E-state index contributed by atoms with van der Waals surface area (Å²) in [7, 11) is 1.63. The van der Waals surface area contributed by atoms with Gasteiger partial charge in [0.05, 0.1) is 12.7 Å². The predicted octanol–water partition coefficient (Wildman–Crippen LogP) is 4.02. The lowest BCUT2D eigenvalue weighted by Crippen LogP contribution is -1.94. The van der Waals surface area contributed by atoms with E-state index in [1.54, 1.807) is 7.11 Å². The molecule has 0 aliphatic carbocycles. The Morgan fingerprint density at radius 1 is 1.09 bits per heavy atom. The van der Waals surface area contributed by atoms with E-state index in [0.717, 1.165) is 22.3 Å². The van der Waals surface area contributed by atoms with Gasteiger partial charge in [-0.2, -0.15) is 5.26 Å². The van der Waals surface area contributed by atoms with Gasteiger partial charge in [0, 0.05) is 5.39 Å². The molecule has 0 amide bonds. The number of nitriles is 1. The third kappa shape index (κ3) is 2.47. The molecule has 22 heavy (non-hydrogen) atoms. The average molecular weight is 289 g/mol. The fourth-order valence-electron chi connectivity index (χ4n) is 2.61. The Morgan fingerprint density at radius 3 is 2.50 bits per heavy atom. The Hall–Kier alpha value is -2.99. The number of ether oxygens (including phenoxy) is 1. The smallest absolute Gasteiger partial charge is 0.141 e. The monoisotopic (exact) mass is 289 g/mol. The van der Waals surface area contributed by atoms with Crippen molar-refractivity contribution < 1.29 is 9.84 Å². The van der Waals surface area contributed by atoms with Gasteiger partial charge in [-0.25, -0.2) is 0 Å². The summed E-state index contributed by atoms with van der Waals surface area (Å²) in [5.41, 5.74) is 2.23. The zero-order valence-electron chi connectivity index (χ0n) is 12.2. The highest BCUT2D eigenvalue weighted by atomic mass is 16.5. The number of hydrogen-bond acceptors (Lipinski definition) is 3. The van der Waals surface area contributed by atoms with Crippen LogP contribution in [-0.4, -0.2) is 12.2 Å². The van der Waals surface area contributed by atoms with Crippen LogP contribution in [0.3, 0.4) is 0 Å². The highest BCUT2D eigenvalue weighted by Gasteiger charge is 2.12. The van der Waals surface area contributed by atoms with Gasteiger partial charge >= 0.3 is 0 Å². The molecule has 0 saturated carbocycles. The molecule has 0 fully saturated rings. The van der Waals surface area contributed by atoms with Gasteiger partial charge in [-0.15, -0.1) is 0 Å². The maximum atomic E-state index is 10.3. The minimum Gasteiger partial charge on any atom is -0.506 e. The van der Waals surface area contributed by atoms with E-state index in [9.17, 15) is 10.4 Å². The van der Waals surface area contributed by atoms with Crippen molar-refractivity contribution in [3.63, 3.8) is 0 Å². The fourth-order valence-corrected chi connectivity index (χ4v) is 2.61. The number of nitrogens with zero attached hydrogens (tertiary/aromatic N) is 1. The van der Waals surface area contributed by atoms with Crippen molar-refractivity contribution in [3.8, 4) is 17.6 Å². The molecule has 0 radical (unpaired) electrons. The number of rotatable bonds is 3. The Balaban J connectivity index is 2.07. The van der Waals surface area contributed by atoms with Crippen molar-refractivity contribution in [2.75, 3.05) is 7.11 Å². The van der Waals surface area contributed by atoms with Gasteiger partial charge in [0.1, 0.15) is 17.6 Å². The van der Waals surface area contributed by atoms with E-state index in [0.29, 0.717) is 17.4 Å². The molecule has 3 rings (SSSR count). The Bertz CT molecular complexity index is 861. The van der Waals surface area contributed by atoms with Crippen LogP contribution in [0.25, 0.3) is 10.8 Å². The first-order valence-electron chi connectivity index (χ1n) is 6.99. The van der Waals surface area contributed by atoms with Crippen molar-refractivity contribution in [3.05, 3.63) is 71.3 Å². The van der Waals surface area contributed by atoms with Crippen molar-refractivity contribution >= 4 is 10.8 Å². The minimum absolute atomic E-state index is 0.0594. The molecule has 1 N–H and O–H groups in total. The fraction of sp³-hybridized carbons (Fsp3) is 0.105. The number of phenolic OH excluding ortho intramolecular Hbond substituents is 1. The average Bonchev–Trinajstić information content (AvgIpc) is 2.56. The van der Waals surface area contributed by atoms with Gasteiger partial charge in [0.25, 0.3) is 0 Å². The lowest BCUT2D eigenvalue weighted by molar-refractivity contribution is 0.414. The normalized spacial score (nSPS) is 10.4. The molecule has 0 aliphatic heterocycles. The van der Waals surface area contributed by atoms with Crippen LogP contribution in [0.1, 0.15) is 16.7 Å². The summed E-state index contributed by atoms with van der Waals surface area (Å²) in [6.07, 6.45) is 0.589. The van der Waals surface area contributed by atoms with E-state index < -0.39 is 0 Å². The largest absolute Gasteiger partial charge is 0.506 e. The molecule has 3 aromatic carbocycles. The second-order valence-electron chi connectivity index (χ2n) is 5.12. The predicted molar refractivity (Wildman–Crippen MR) is 86.1 cm³/mol. The first-order chi connectivity index (χ1) is 10.7. The number of phenols is 1. The molecule has 0 aromatic heterocycles. The van der Waals surface area contributed by atoms with Gasteiger partial charge in [-0.3, -0.25) is 0 Å². The van der Waals surface area contributed by atoms with Crippen molar-refractivity contribution in [2.24, 2.45) is 0 Å². The zero-order valence-corrected chi connectivity index (χ0v) is 12.2. The number of methoxy groups -OCH3 is 1. The van der Waals surface area contributed by atoms with Crippen LogP contribution in [0.15, 0.2) is 54.6 Å². The summed E-state index contributed by atoms with van der Waals surface area (Å²) >= 11 is 0. The van der Waals surface area contributed by atoms with Crippen LogP contribution in [0, 0.1) is 11.3 Å². The molecule has 0 saturated heterocycles. The van der Waals surface area contributed by atoms with Gasteiger partial charge in [-0.05, 0) is 41.1 Å². The van der Waals surface area contributed by atoms with E-state index in [4.69, 9.17) is 4.74 Å². The van der Waals surface area contributed by atoms with Crippen LogP contribution >= 0.6 is 0 Å². The molecule has 0 spiro atoms. The summed E-state index contributed by atoms with van der Waals surface area (Å²) in [5, 5.41) is 21.4. The third-order valence-corrected chi connectivity index (χ3v) is 3.77. The second-order valence-corrected chi connectivity index (χ2v) is 5.12. The van der Waals surface area contributed by atoms with Crippen molar-refractivity contribution in [2.45, 2.75) is 6.42 Å². The lowest BCUT2D eigenvalue weighted by Gasteiger charge is -2.10. The number of aromatic hydroxyl groups is 1. The van der Waals surface area contributed by atoms with E-state index in [1.165, 1.54) is 0 Å². The van der Waals surface area contributed by atoms with E-state index >= 15 is 0 Å². The zero-order chi connectivity index (χ0) is 15.5. The molecule has 108 valence electrons. The Labute approximate surface area is 129 Å². The van der Waals surface area contributed by atoms with Crippen LogP contribution in [-0.2, 0) is 6.42 Å². The molecule has 0 heterocycles. The van der Waals surface area contributed by atoms with Crippen LogP contribution in [0.5, 0.6) is 11.5 Å². The maximum Gasteiger partial charge on any atom is 0.141 e. The number of hydrogen-bond donors (Lipinski definition) is 1. The summed E-state index contributed by atoms with van der Waals surface area (Å²) in [5.74, 6) is 0.856. The van der Waals surface area contributed by atoms with Gasteiger partial charge in [0.15, 0.2) is 0 Å². The Morgan fingerprint density at radius 2 is 1.82 bits per heavy atom. The molecular formula is C19H15NO2. The SMILES string of the molecule is COc1ccc(Cc2cc3ccccc3c(O)c2C#N)cc1. The quantitative estimate of drug-likeness (QED) is 0.792. The third-order valence-electron chi connectivity index (χ3n) is 3.77. The summed E-state index contributed by atoms with van der Waals surface area (Å²) in [6.45, 7) is 0. The Kier molecular flexibility index (Phi) is 3.67. The molecule has 0 bridgehead atoms. The topological polar surface area (TPSA) is 53.2 Å². The summed E-state index contributed by atoms with van der Waals surface area (Å²) < 4.78 is 5.15.